The van der Waals surface area contributed by atoms with Gasteiger partial charge in [0.1, 0.15) is 17.2 Å². The largest absolute Gasteiger partial charge is 0.337 e. The molecule has 1 heterocycles. The highest BCUT2D eigenvalue weighted by molar-refractivity contribution is 5.94. The van der Waals surface area contributed by atoms with Gasteiger partial charge in [0.25, 0.3) is 5.91 Å². The standard InChI is InChI=1S/C18H15F2N3O/c1-22(18(24)17-15(19)8-5-9-16(17)20)11-13-10-21-23(12-13)14-6-3-2-4-7-14/h2-10,12H,11H2,1H3. The highest BCUT2D eigenvalue weighted by Gasteiger charge is 2.21. The van der Waals surface area contributed by atoms with E-state index in [-0.39, 0.29) is 6.54 Å². The Morgan fingerprint density at radius 3 is 2.42 bits per heavy atom. The van der Waals surface area contributed by atoms with Crippen LogP contribution in [0, 0.1) is 11.6 Å². The lowest BCUT2D eigenvalue weighted by Gasteiger charge is -2.17. The van der Waals surface area contributed by atoms with Crippen LogP contribution in [0.5, 0.6) is 0 Å². The SMILES string of the molecule is CN(Cc1cnn(-c2ccccc2)c1)C(=O)c1c(F)cccc1F. The molecular weight excluding hydrogens is 312 g/mol. The number of rotatable bonds is 4. The fourth-order valence-electron chi connectivity index (χ4n) is 2.40. The van der Waals surface area contributed by atoms with Crippen LogP contribution >= 0.6 is 0 Å². The van der Waals surface area contributed by atoms with Crippen molar-refractivity contribution in [1.29, 1.82) is 0 Å². The molecule has 3 rings (SSSR count). The van der Waals surface area contributed by atoms with Crippen molar-refractivity contribution in [2.24, 2.45) is 0 Å². The Bertz CT molecular complexity index is 841. The van der Waals surface area contributed by atoms with Gasteiger partial charge in [0, 0.05) is 25.4 Å². The summed E-state index contributed by atoms with van der Waals surface area (Å²) >= 11 is 0. The lowest BCUT2D eigenvalue weighted by atomic mass is 10.1. The molecule has 122 valence electrons. The monoisotopic (exact) mass is 327 g/mol. The van der Waals surface area contributed by atoms with Crippen molar-refractivity contribution in [2.45, 2.75) is 6.54 Å². The number of para-hydroxylation sites is 1. The molecule has 0 aliphatic rings. The normalized spacial score (nSPS) is 10.6. The lowest BCUT2D eigenvalue weighted by Crippen LogP contribution is -2.27. The number of benzene rings is 2. The Labute approximate surface area is 138 Å². The summed E-state index contributed by atoms with van der Waals surface area (Å²) in [6.45, 7) is 0.194. The van der Waals surface area contributed by atoms with Crippen molar-refractivity contribution in [3.63, 3.8) is 0 Å². The molecule has 0 spiro atoms. The van der Waals surface area contributed by atoms with E-state index in [9.17, 15) is 13.6 Å². The van der Waals surface area contributed by atoms with E-state index in [1.54, 1.807) is 17.1 Å². The zero-order valence-corrected chi connectivity index (χ0v) is 13.0. The predicted octanol–water partition coefficient (Wildman–Crippen LogP) is 3.42. The van der Waals surface area contributed by atoms with Gasteiger partial charge in [-0.1, -0.05) is 24.3 Å². The van der Waals surface area contributed by atoms with E-state index >= 15 is 0 Å². The van der Waals surface area contributed by atoms with Crippen molar-refractivity contribution < 1.29 is 13.6 Å². The molecule has 2 aromatic carbocycles. The summed E-state index contributed by atoms with van der Waals surface area (Å²) in [4.78, 5) is 13.5. The van der Waals surface area contributed by atoms with Gasteiger partial charge in [-0.2, -0.15) is 5.10 Å². The first-order valence-corrected chi connectivity index (χ1v) is 7.34. The van der Waals surface area contributed by atoms with Crippen LogP contribution in [0.4, 0.5) is 8.78 Å². The van der Waals surface area contributed by atoms with Crippen molar-refractivity contribution in [3.05, 3.63) is 83.7 Å². The Morgan fingerprint density at radius 2 is 1.75 bits per heavy atom. The summed E-state index contributed by atoms with van der Waals surface area (Å²) in [5.74, 6) is -2.45. The first-order valence-electron chi connectivity index (χ1n) is 7.34. The molecule has 0 unspecified atom stereocenters. The molecule has 0 saturated heterocycles. The van der Waals surface area contributed by atoms with E-state index in [2.05, 4.69) is 5.10 Å². The highest BCUT2D eigenvalue weighted by Crippen LogP contribution is 2.16. The molecule has 0 aliphatic heterocycles. The van der Waals surface area contributed by atoms with Gasteiger partial charge >= 0.3 is 0 Å². The predicted molar refractivity (Wildman–Crippen MR) is 85.7 cm³/mol. The van der Waals surface area contributed by atoms with Gasteiger partial charge < -0.3 is 4.90 Å². The van der Waals surface area contributed by atoms with Crippen LogP contribution in [-0.2, 0) is 6.54 Å². The fraction of sp³-hybridized carbons (Fsp3) is 0.111. The number of carbonyl (C=O) groups is 1. The summed E-state index contributed by atoms with van der Waals surface area (Å²) in [6, 6.07) is 12.9. The molecule has 24 heavy (non-hydrogen) atoms. The summed E-state index contributed by atoms with van der Waals surface area (Å²) in [5.41, 5.74) is 1.10. The number of halogens is 2. The maximum absolute atomic E-state index is 13.7. The second-order valence-electron chi connectivity index (χ2n) is 5.39. The second kappa shape index (κ2) is 6.62. The molecule has 0 radical (unpaired) electrons. The molecule has 3 aromatic rings. The minimum atomic E-state index is -0.869. The second-order valence-corrected chi connectivity index (χ2v) is 5.39. The molecule has 0 aliphatic carbocycles. The molecule has 0 fully saturated rings. The van der Waals surface area contributed by atoms with Crippen LogP contribution in [0.15, 0.2) is 60.9 Å². The van der Waals surface area contributed by atoms with E-state index in [0.717, 1.165) is 23.4 Å². The van der Waals surface area contributed by atoms with Gasteiger partial charge in [-0.3, -0.25) is 4.79 Å². The summed E-state index contributed by atoms with van der Waals surface area (Å²) in [7, 11) is 1.49. The first kappa shape index (κ1) is 15.9. The lowest BCUT2D eigenvalue weighted by molar-refractivity contribution is 0.0775. The number of carbonyl (C=O) groups excluding carboxylic acids is 1. The Morgan fingerprint density at radius 1 is 1.08 bits per heavy atom. The quantitative estimate of drug-likeness (QED) is 0.736. The molecule has 0 atom stereocenters. The number of aromatic nitrogens is 2. The molecular formula is C18H15F2N3O. The third-order valence-electron chi connectivity index (χ3n) is 3.60. The van der Waals surface area contributed by atoms with Gasteiger partial charge in [-0.25, -0.2) is 13.5 Å². The van der Waals surface area contributed by atoms with Crippen molar-refractivity contribution in [3.8, 4) is 5.69 Å². The number of amides is 1. The maximum atomic E-state index is 13.7. The molecule has 6 heteroatoms. The zero-order valence-electron chi connectivity index (χ0n) is 13.0. The first-order chi connectivity index (χ1) is 11.6. The Kier molecular flexibility index (Phi) is 4.37. The van der Waals surface area contributed by atoms with Crippen LogP contribution in [0.2, 0.25) is 0 Å². The topological polar surface area (TPSA) is 38.1 Å². The highest BCUT2D eigenvalue weighted by atomic mass is 19.1. The number of nitrogens with zero attached hydrogens (tertiary/aromatic N) is 3. The van der Waals surface area contributed by atoms with Gasteiger partial charge in [-0.05, 0) is 24.3 Å². The number of hydrogen-bond donors (Lipinski definition) is 0. The summed E-state index contributed by atoms with van der Waals surface area (Å²) in [6.07, 6.45) is 3.39. The molecule has 0 N–H and O–H groups in total. The van der Waals surface area contributed by atoms with Crippen LogP contribution < -0.4 is 0 Å². The van der Waals surface area contributed by atoms with Gasteiger partial charge in [-0.15, -0.1) is 0 Å². The molecule has 4 nitrogen and oxygen atoms in total. The summed E-state index contributed by atoms with van der Waals surface area (Å²) in [5, 5.41) is 4.24. The van der Waals surface area contributed by atoms with Gasteiger partial charge in [0.15, 0.2) is 0 Å². The minimum Gasteiger partial charge on any atom is -0.337 e. The van der Waals surface area contributed by atoms with E-state index in [1.807, 2.05) is 30.3 Å². The van der Waals surface area contributed by atoms with Crippen molar-refractivity contribution in [2.75, 3.05) is 7.05 Å². The van der Waals surface area contributed by atoms with Crippen LogP contribution in [0.3, 0.4) is 0 Å². The third kappa shape index (κ3) is 3.17. The molecule has 1 amide bonds. The van der Waals surface area contributed by atoms with Crippen LogP contribution in [0.1, 0.15) is 15.9 Å². The van der Waals surface area contributed by atoms with Gasteiger partial charge in [0.05, 0.1) is 11.9 Å². The maximum Gasteiger partial charge on any atom is 0.259 e. The smallest absolute Gasteiger partial charge is 0.259 e. The summed E-state index contributed by atoms with van der Waals surface area (Å²) < 4.78 is 29.1. The average Bonchev–Trinajstić information content (AvgIpc) is 3.04. The molecule has 0 saturated carbocycles. The van der Waals surface area contributed by atoms with Crippen molar-refractivity contribution in [1.82, 2.24) is 14.7 Å². The Balaban J connectivity index is 1.77. The average molecular weight is 327 g/mol. The minimum absolute atomic E-state index is 0.194. The van der Waals surface area contributed by atoms with Gasteiger partial charge in [0.2, 0.25) is 0 Å². The van der Waals surface area contributed by atoms with E-state index in [1.165, 1.54) is 18.0 Å². The zero-order chi connectivity index (χ0) is 17.1. The van der Waals surface area contributed by atoms with E-state index in [0.29, 0.717) is 0 Å². The van der Waals surface area contributed by atoms with Crippen LogP contribution in [0.25, 0.3) is 5.69 Å². The van der Waals surface area contributed by atoms with E-state index in [4.69, 9.17) is 0 Å². The Hall–Kier alpha value is -3.02. The fourth-order valence-corrected chi connectivity index (χ4v) is 2.40. The third-order valence-corrected chi connectivity index (χ3v) is 3.60. The molecule has 0 bridgehead atoms. The molecule has 1 aromatic heterocycles. The van der Waals surface area contributed by atoms with Crippen molar-refractivity contribution >= 4 is 5.91 Å². The van der Waals surface area contributed by atoms with E-state index < -0.39 is 23.1 Å². The number of hydrogen-bond acceptors (Lipinski definition) is 2. The van der Waals surface area contributed by atoms with Crippen LogP contribution in [-0.4, -0.2) is 27.6 Å².